The third-order valence-electron chi connectivity index (χ3n) is 4.00. The summed E-state index contributed by atoms with van der Waals surface area (Å²) in [6.45, 7) is 0. The van der Waals surface area contributed by atoms with Gasteiger partial charge < -0.3 is 4.42 Å². The molecule has 0 aliphatic heterocycles. The second kappa shape index (κ2) is 5.03. The van der Waals surface area contributed by atoms with E-state index in [1.807, 2.05) is 0 Å². The predicted molar refractivity (Wildman–Crippen MR) is 72.4 cm³/mol. The van der Waals surface area contributed by atoms with Crippen LogP contribution in [0.2, 0.25) is 0 Å². The molecular weight excluding hydrogens is 242 g/mol. The second-order valence-corrected chi connectivity index (χ2v) is 5.34. The van der Waals surface area contributed by atoms with E-state index in [0.29, 0.717) is 23.1 Å². The molecule has 4 heteroatoms. The van der Waals surface area contributed by atoms with Gasteiger partial charge in [-0.3, -0.25) is 9.78 Å². The number of hydrogen-bond donors (Lipinski definition) is 1. The number of aromatic amines is 1. The number of oxazole rings is 1. The Hall–Kier alpha value is -1.84. The number of aromatic nitrogens is 1. The highest BCUT2D eigenvalue weighted by Gasteiger charge is 2.17. The van der Waals surface area contributed by atoms with E-state index in [-0.39, 0.29) is 5.78 Å². The molecule has 0 bridgehead atoms. The Bertz CT molecular complexity index is 647. The lowest BCUT2D eigenvalue weighted by molar-refractivity contribution is 0.0974. The summed E-state index contributed by atoms with van der Waals surface area (Å²) >= 11 is 0. The molecule has 1 saturated carbocycles. The first-order chi connectivity index (χ1) is 9.22. The molecule has 19 heavy (non-hydrogen) atoms. The topological polar surface area (TPSA) is 63.1 Å². The van der Waals surface area contributed by atoms with Crippen molar-refractivity contribution >= 4 is 16.9 Å². The first-order valence-electron chi connectivity index (χ1n) is 6.88. The average molecular weight is 259 g/mol. The van der Waals surface area contributed by atoms with E-state index in [4.69, 9.17) is 4.42 Å². The van der Waals surface area contributed by atoms with Gasteiger partial charge in [-0.05, 0) is 30.5 Å². The molecule has 1 aliphatic rings. The monoisotopic (exact) mass is 259 g/mol. The lowest BCUT2D eigenvalue weighted by Gasteiger charge is -2.07. The van der Waals surface area contributed by atoms with Gasteiger partial charge in [0.1, 0.15) is 0 Å². The average Bonchev–Trinajstić information content (AvgIpc) is 3.02. The van der Waals surface area contributed by atoms with Crippen molar-refractivity contribution in [3.8, 4) is 0 Å². The van der Waals surface area contributed by atoms with Gasteiger partial charge in [0.2, 0.25) is 0 Å². The zero-order valence-corrected chi connectivity index (χ0v) is 10.8. The SMILES string of the molecule is O=C(CCC1CCCC1)c1ccc2[nH]c(=O)oc2c1. The lowest BCUT2D eigenvalue weighted by atomic mass is 9.97. The zero-order chi connectivity index (χ0) is 13.2. The van der Waals surface area contributed by atoms with Crippen molar-refractivity contribution in [2.75, 3.05) is 0 Å². The van der Waals surface area contributed by atoms with Crippen molar-refractivity contribution in [2.45, 2.75) is 38.5 Å². The molecular formula is C15H17NO3. The number of nitrogens with one attached hydrogen (secondary N) is 1. The largest absolute Gasteiger partial charge is 0.417 e. The lowest BCUT2D eigenvalue weighted by Crippen LogP contribution is -2.02. The van der Waals surface area contributed by atoms with Crippen LogP contribution in [0.25, 0.3) is 11.1 Å². The Kier molecular flexibility index (Phi) is 3.23. The molecule has 0 radical (unpaired) electrons. The predicted octanol–water partition coefficient (Wildman–Crippen LogP) is 3.27. The fourth-order valence-corrected chi connectivity index (χ4v) is 2.90. The van der Waals surface area contributed by atoms with Crippen LogP contribution < -0.4 is 5.76 Å². The first-order valence-corrected chi connectivity index (χ1v) is 6.88. The highest BCUT2D eigenvalue weighted by molar-refractivity contribution is 5.98. The van der Waals surface area contributed by atoms with Crippen LogP contribution in [0.5, 0.6) is 0 Å². The Balaban J connectivity index is 1.71. The molecule has 0 spiro atoms. The van der Waals surface area contributed by atoms with Gasteiger partial charge in [0, 0.05) is 12.0 Å². The van der Waals surface area contributed by atoms with Crippen molar-refractivity contribution in [2.24, 2.45) is 5.92 Å². The van der Waals surface area contributed by atoms with Crippen LogP contribution in [0.3, 0.4) is 0 Å². The molecule has 0 saturated heterocycles. The number of benzene rings is 1. The Morgan fingerprint density at radius 2 is 2.11 bits per heavy atom. The Labute approximate surface area is 110 Å². The number of carbonyl (C=O) groups is 1. The molecule has 4 nitrogen and oxygen atoms in total. The molecule has 1 aromatic carbocycles. The van der Waals surface area contributed by atoms with Crippen LogP contribution in [-0.4, -0.2) is 10.8 Å². The van der Waals surface area contributed by atoms with Gasteiger partial charge >= 0.3 is 5.76 Å². The highest BCUT2D eigenvalue weighted by atomic mass is 16.4. The fourth-order valence-electron chi connectivity index (χ4n) is 2.90. The molecule has 100 valence electrons. The number of Topliss-reactive ketones (excluding diaryl/α,β-unsaturated/α-hetero) is 1. The van der Waals surface area contributed by atoms with Crippen LogP contribution in [0.15, 0.2) is 27.4 Å². The summed E-state index contributed by atoms with van der Waals surface area (Å²) in [6.07, 6.45) is 6.70. The summed E-state index contributed by atoms with van der Waals surface area (Å²) in [7, 11) is 0. The summed E-state index contributed by atoms with van der Waals surface area (Å²) in [5, 5.41) is 0. The van der Waals surface area contributed by atoms with E-state index in [9.17, 15) is 9.59 Å². The molecule has 0 unspecified atom stereocenters. The number of rotatable bonds is 4. The van der Waals surface area contributed by atoms with Crippen LogP contribution in [0, 0.1) is 5.92 Å². The summed E-state index contributed by atoms with van der Waals surface area (Å²) in [5.74, 6) is 0.376. The maximum atomic E-state index is 12.1. The molecule has 3 rings (SSSR count). The van der Waals surface area contributed by atoms with Crippen LogP contribution in [-0.2, 0) is 0 Å². The van der Waals surface area contributed by atoms with Gasteiger partial charge in [0.25, 0.3) is 0 Å². The molecule has 0 amide bonds. The fraction of sp³-hybridized carbons (Fsp3) is 0.467. The van der Waals surface area contributed by atoms with Gasteiger partial charge in [0.05, 0.1) is 5.52 Å². The third-order valence-corrected chi connectivity index (χ3v) is 4.00. The molecule has 1 aliphatic carbocycles. The minimum Gasteiger partial charge on any atom is -0.408 e. The van der Waals surface area contributed by atoms with Gasteiger partial charge in [-0.1, -0.05) is 25.7 Å². The van der Waals surface area contributed by atoms with Crippen LogP contribution >= 0.6 is 0 Å². The standard InChI is InChI=1S/C15H17NO3/c17-13(8-5-10-3-1-2-4-10)11-6-7-12-14(9-11)19-15(18)16-12/h6-7,9-10H,1-5,8H2,(H,16,18). The van der Waals surface area contributed by atoms with Gasteiger partial charge in [-0.15, -0.1) is 0 Å². The van der Waals surface area contributed by atoms with Gasteiger partial charge in [-0.2, -0.15) is 0 Å². The van der Waals surface area contributed by atoms with E-state index in [1.54, 1.807) is 18.2 Å². The maximum absolute atomic E-state index is 12.1. The number of hydrogen-bond acceptors (Lipinski definition) is 3. The normalized spacial score (nSPS) is 16.2. The summed E-state index contributed by atoms with van der Waals surface area (Å²) in [5.41, 5.74) is 1.72. The van der Waals surface area contributed by atoms with Gasteiger partial charge in [-0.25, -0.2) is 4.79 Å². The Morgan fingerprint density at radius 3 is 2.89 bits per heavy atom. The smallest absolute Gasteiger partial charge is 0.408 e. The van der Waals surface area contributed by atoms with E-state index in [2.05, 4.69) is 4.98 Å². The van der Waals surface area contributed by atoms with Crippen molar-refractivity contribution in [3.63, 3.8) is 0 Å². The zero-order valence-electron chi connectivity index (χ0n) is 10.8. The maximum Gasteiger partial charge on any atom is 0.417 e. The quantitative estimate of drug-likeness (QED) is 0.857. The molecule has 1 heterocycles. The van der Waals surface area contributed by atoms with Crippen molar-refractivity contribution < 1.29 is 9.21 Å². The molecule has 0 atom stereocenters. The Morgan fingerprint density at radius 1 is 1.32 bits per heavy atom. The first kappa shape index (κ1) is 12.2. The van der Waals surface area contributed by atoms with E-state index < -0.39 is 5.76 Å². The van der Waals surface area contributed by atoms with E-state index in [1.165, 1.54) is 25.7 Å². The van der Waals surface area contributed by atoms with Gasteiger partial charge in [0.15, 0.2) is 11.4 Å². The third kappa shape index (κ3) is 2.62. The molecule has 1 fully saturated rings. The van der Waals surface area contributed by atoms with Crippen LogP contribution in [0.4, 0.5) is 0 Å². The number of carbonyl (C=O) groups excluding carboxylic acids is 1. The van der Waals surface area contributed by atoms with Crippen LogP contribution in [0.1, 0.15) is 48.9 Å². The van der Waals surface area contributed by atoms with E-state index in [0.717, 1.165) is 12.3 Å². The molecule has 2 aromatic rings. The summed E-state index contributed by atoms with van der Waals surface area (Å²) < 4.78 is 4.97. The minimum absolute atomic E-state index is 0.137. The molecule has 1 N–H and O–H groups in total. The summed E-state index contributed by atoms with van der Waals surface area (Å²) in [6, 6.07) is 5.14. The number of H-pyrrole nitrogens is 1. The minimum atomic E-state index is -0.481. The highest BCUT2D eigenvalue weighted by Crippen LogP contribution is 2.29. The number of ketones is 1. The second-order valence-electron chi connectivity index (χ2n) is 5.34. The number of fused-ring (bicyclic) bond motifs is 1. The van der Waals surface area contributed by atoms with Crippen molar-refractivity contribution in [1.82, 2.24) is 4.98 Å². The summed E-state index contributed by atoms with van der Waals surface area (Å²) in [4.78, 5) is 25.8. The van der Waals surface area contributed by atoms with E-state index >= 15 is 0 Å². The molecule has 1 aromatic heterocycles. The van der Waals surface area contributed by atoms with Crippen molar-refractivity contribution in [3.05, 3.63) is 34.3 Å². The van der Waals surface area contributed by atoms with Crippen molar-refractivity contribution in [1.29, 1.82) is 0 Å².